The first-order chi connectivity index (χ1) is 12.5. The summed E-state index contributed by atoms with van der Waals surface area (Å²) in [5, 5.41) is 2.87. The topological polar surface area (TPSA) is 58.6 Å². The third kappa shape index (κ3) is 4.85. The van der Waals surface area contributed by atoms with E-state index in [2.05, 4.69) is 5.32 Å². The number of nitrogens with zero attached hydrogens (tertiary/aromatic N) is 1. The van der Waals surface area contributed by atoms with Crippen LogP contribution in [0.25, 0.3) is 0 Å². The minimum Gasteiger partial charge on any atom is -0.496 e. The summed E-state index contributed by atoms with van der Waals surface area (Å²) in [7, 11) is 1.59. The minimum absolute atomic E-state index is 0.00243. The molecule has 138 valence electrons. The zero-order valence-corrected chi connectivity index (χ0v) is 15.8. The molecule has 0 heterocycles. The van der Waals surface area contributed by atoms with Crippen molar-refractivity contribution in [3.63, 3.8) is 0 Å². The van der Waals surface area contributed by atoms with Gasteiger partial charge in [0.15, 0.2) is 0 Å². The van der Waals surface area contributed by atoms with Gasteiger partial charge in [-0.15, -0.1) is 0 Å². The largest absolute Gasteiger partial charge is 0.496 e. The van der Waals surface area contributed by atoms with Crippen LogP contribution in [0.15, 0.2) is 42.5 Å². The average Bonchev–Trinajstić information content (AvgIpc) is 2.63. The highest BCUT2D eigenvalue weighted by molar-refractivity contribution is 5.96. The summed E-state index contributed by atoms with van der Waals surface area (Å²) in [6.45, 7) is 7.23. The lowest BCUT2D eigenvalue weighted by Gasteiger charge is -2.18. The van der Waals surface area contributed by atoms with Crippen LogP contribution < -0.4 is 10.1 Å². The Hall–Kier alpha value is -2.82. The van der Waals surface area contributed by atoms with Gasteiger partial charge < -0.3 is 15.0 Å². The summed E-state index contributed by atoms with van der Waals surface area (Å²) in [4.78, 5) is 26.4. The standard InChI is InChI=1S/C21H26N2O3/c1-5-23(6-2)21(25)16-8-10-18(11-9-16)22-20(24)14-17-13-15(3)7-12-19(17)26-4/h7-13H,5-6,14H2,1-4H3,(H,22,24). The lowest BCUT2D eigenvalue weighted by atomic mass is 10.1. The van der Waals surface area contributed by atoms with Crippen molar-refractivity contribution in [2.45, 2.75) is 27.2 Å². The maximum Gasteiger partial charge on any atom is 0.253 e. The molecule has 2 aromatic carbocycles. The predicted molar refractivity (Wildman–Crippen MR) is 104 cm³/mol. The van der Waals surface area contributed by atoms with E-state index in [0.29, 0.717) is 30.1 Å². The number of ether oxygens (including phenoxy) is 1. The molecule has 2 amide bonds. The quantitative estimate of drug-likeness (QED) is 0.825. The number of aryl methyl sites for hydroxylation is 1. The Kier molecular flexibility index (Phi) is 6.78. The SMILES string of the molecule is CCN(CC)C(=O)c1ccc(NC(=O)Cc2cc(C)ccc2OC)cc1. The van der Waals surface area contributed by atoms with Gasteiger partial charge in [-0.25, -0.2) is 0 Å². The zero-order chi connectivity index (χ0) is 19.1. The van der Waals surface area contributed by atoms with E-state index in [1.807, 2.05) is 39.0 Å². The number of carbonyl (C=O) groups excluding carboxylic acids is 2. The Labute approximate surface area is 155 Å². The molecule has 2 aromatic rings. The van der Waals surface area contributed by atoms with E-state index in [-0.39, 0.29) is 18.2 Å². The van der Waals surface area contributed by atoms with E-state index in [1.54, 1.807) is 36.3 Å². The van der Waals surface area contributed by atoms with Crippen LogP contribution in [0.5, 0.6) is 5.75 Å². The fourth-order valence-electron chi connectivity index (χ4n) is 2.81. The van der Waals surface area contributed by atoms with Gasteiger partial charge in [0.05, 0.1) is 13.5 Å². The predicted octanol–water partition coefficient (Wildman–Crippen LogP) is 3.67. The first kappa shape index (κ1) is 19.5. The highest BCUT2D eigenvalue weighted by Crippen LogP contribution is 2.21. The molecule has 0 aliphatic carbocycles. The lowest BCUT2D eigenvalue weighted by Crippen LogP contribution is -2.30. The first-order valence-electron chi connectivity index (χ1n) is 8.81. The number of carbonyl (C=O) groups is 2. The molecule has 0 aromatic heterocycles. The Bertz CT molecular complexity index is 765. The van der Waals surface area contributed by atoms with Crippen LogP contribution >= 0.6 is 0 Å². The van der Waals surface area contributed by atoms with Crippen LogP contribution in [0, 0.1) is 6.92 Å². The molecule has 0 saturated heterocycles. The summed E-state index contributed by atoms with van der Waals surface area (Å²) in [5.74, 6) is 0.569. The highest BCUT2D eigenvalue weighted by Gasteiger charge is 2.13. The van der Waals surface area contributed by atoms with Crippen molar-refractivity contribution < 1.29 is 14.3 Å². The number of rotatable bonds is 7. The molecule has 2 rings (SSSR count). The fourth-order valence-corrected chi connectivity index (χ4v) is 2.81. The van der Waals surface area contributed by atoms with Gasteiger partial charge in [0.2, 0.25) is 5.91 Å². The van der Waals surface area contributed by atoms with Gasteiger partial charge in [-0.1, -0.05) is 17.7 Å². The second kappa shape index (κ2) is 9.04. The Balaban J connectivity index is 2.04. The second-order valence-corrected chi connectivity index (χ2v) is 6.10. The third-order valence-corrected chi connectivity index (χ3v) is 4.25. The number of anilines is 1. The molecular formula is C21H26N2O3. The Morgan fingerprint density at radius 3 is 2.27 bits per heavy atom. The normalized spacial score (nSPS) is 10.3. The van der Waals surface area contributed by atoms with Gasteiger partial charge in [0, 0.05) is 29.9 Å². The lowest BCUT2D eigenvalue weighted by molar-refractivity contribution is -0.115. The number of benzene rings is 2. The number of amides is 2. The van der Waals surface area contributed by atoms with Crippen LogP contribution in [0.3, 0.4) is 0 Å². The highest BCUT2D eigenvalue weighted by atomic mass is 16.5. The van der Waals surface area contributed by atoms with Crippen molar-refractivity contribution in [2.24, 2.45) is 0 Å². The molecule has 0 bridgehead atoms. The number of methoxy groups -OCH3 is 1. The van der Waals surface area contributed by atoms with Crippen LogP contribution in [0.1, 0.15) is 35.3 Å². The van der Waals surface area contributed by atoms with E-state index in [1.165, 1.54) is 0 Å². The Morgan fingerprint density at radius 2 is 1.69 bits per heavy atom. The molecular weight excluding hydrogens is 328 g/mol. The summed E-state index contributed by atoms with van der Waals surface area (Å²) in [6, 6.07) is 12.7. The van der Waals surface area contributed by atoms with E-state index >= 15 is 0 Å². The average molecular weight is 354 g/mol. The second-order valence-electron chi connectivity index (χ2n) is 6.10. The molecule has 5 heteroatoms. The zero-order valence-electron chi connectivity index (χ0n) is 15.8. The van der Waals surface area contributed by atoms with Crippen LogP contribution in [-0.2, 0) is 11.2 Å². The molecule has 0 fully saturated rings. The van der Waals surface area contributed by atoms with Crippen LogP contribution in [-0.4, -0.2) is 36.9 Å². The maximum atomic E-state index is 12.3. The summed E-state index contributed by atoms with van der Waals surface area (Å²) >= 11 is 0. The van der Waals surface area contributed by atoms with Crippen molar-refractivity contribution in [2.75, 3.05) is 25.5 Å². The van der Waals surface area contributed by atoms with E-state index in [9.17, 15) is 9.59 Å². The maximum absolute atomic E-state index is 12.3. The van der Waals surface area contributed by atoms with Gasteiger partial charge in [-0.2, -0.15) is 0 Å². The van der Waals surface area contributed by atoms with Gasteiger partial charge in [-0.05, 0) is 51.1 Å². The monoisotopic (exact) mass is 354 g/mol. The fraction of sp³-hybridized carbons (Fsp3) is 0.333. The number of hydrogen-bond donors (Lipinski definition) is 1. The molecule has 0 saturated carbocycles. The molecule has 5 nitrogen and oxygen atoms in total. The van der Waals surface area contributed by atoms with Gasteiger partial charge in [-0.3, -0.25) is 9.59 Å². The van der Waals surface area contributed by atoms with E-state index in [4.69, 9.17) is 4.74 Å². The third-order valence-electron chi connectivity index (χ3n) is 4.25. The molecule has 0 aliphatic rings. The smallest absolute Gasteiger partial charge is 0.253 e. The molecule has 0 atom stereocenters. The van der Waals surface area contributed by atoms with Crippen LogP contribution in [0.2, 0.25) is 0 Å². The van der Waals surface area contributed by atoms with E-state index < -0.39 is 0 Å². The molecule has 0 radical (unpaired) electrons. The summed E-state index contributed by atoms with van der Waals surface area (Å²) in [5.41, 5.74) is 3.20. The first-order valence-corrected chi connectivity index (χ1v) is 8.81. The molecule has 26 heavy (non-hydrogen) atoms. The molecule has 0 spiro atoms. The van der Waals surface area contributed by atoms with Crippen molar-refractivity contribution in [3.8, 4) is 5.75 Å². The summed E-state index contributed by atoms with van der Waals surface area (Å²) < 4.78 is 5.31. The number of hydrogen-bond acceptors (Lipinski definition) is 3. The van der Waals surface area contributed by atoms with E-state index in [0.717, 1.165) is 11.1 Å². The molecule has 0 aliphatic heterocycles. The van der Waals surface area contributed by atoms with Crippen molar-refractivity contribution in [1.29, 1.82) is 0 Å². The van der Waals surface area contributed by atoms with Crippen molar-refractivity contribution in [1.82, 2.24) is 4.90 Å². The van der Waals surface area contributed by atoms with Crippen molar-refractivity contribution in [3.05, 3.63) is 59.2 Å². The molecule has 0 unspecified atom stereocenters. The van der Waals surface area contributed by atoms with Crippen molar-refractivity contribution >= 4 is 17.5 Å². The van der Waals surface area contributed by atoms with Crippen LogP contribution in [0.4, 0.5) is 5.69 Å². The summed E-state index contributed by atoms with van der Waals surface area (Å²) in [6.07, 6.45) is 0.227. The van der Waals surface area contributed by atoms with Gasteiger partial charge in [0.25, 0.3) is 5.91 Å². The van der Waals surface area contributed by atoms with Gasteiger partial charge >= 0.3 is 0 Å². The number of nitrogens with one attached hydrogen (secondary N) is 1. The van der Waals surface area contributed by atoms with Gasteiger partial charge in [0.1, 0.15) is 5.75 Å². The minimum atomic E-state index is -0.128. The molecule has 1 N–H and O–H groups in total. The Morgan fingerprint density at radius 1 is 1.04 bits per heavy atom.